The van der Waals surface area contributed by atoms with E-state index in [0.717, 1.165) is 31.5 Å². The lowest BCUT2D eigenvalue weighted by molar-refractivity contribution is -0.138. The van der Waals surface area contributed by atoms with Gasteiger partial charge in [0.25, 0.3) is 0 Å². The maximum Gasteiger partial charge on any atom is 0.317 e. The van der Waals surface area contributed by atoms with E-state index in [0.29, 0.717) is 12.6 Å². The van der Waals surface area contributed by atoms with Crippen LogP contribution in [0, 0.1) is 0 Å². The molecule has 2 rings (SSSR count). The molecule has 0 atom stereocenters. The predicted octanol–water partition coefficient (Wildman–Crippen LogP) is 1.34. The van der Waals surface area contributed by atoms with E-state index in [4.69, 9.17) is 5.11 Å². The first-order chi connectivity index (χ1) is 8.20. The first-order valence-electron chi connectivity index (χ1n) is 6.17. The minimum Gasteiger partial charge on any atom is -0.480 e. The van der Waals surface area contributed by atoms with Crippen molar-refractivity contribution in [2.75, 3.05) is 6.54 Å². The van der Waals surface area contributed by atoms with E-state index in [2.05, 4.69) is 12.0 Å². The fraction of sp³-hybridized carbons (Fsp3) is 0.667. The first-order valence-corrected chi connectivity index (χ1v) is 6.17. The summed E-state index contributed by atoms with van der Waals surface area (Å²) in [6, 6.07) is 2.43. The third kappa shape index (κ3) is 3.30. The molecule has 0 saturated heterocycles. The molecule has 0 unspecified atom stereocenters. The van der Waals surface area contributed by atoms with Crippen molar-refractivity contribution in [3.8, 4) is 0 Å². The van der Waals surface area contributed by atoms with Gasteiger partial charge in [-0.3, -0.25) is 14.4 Å². The van der Waals surface area contributed by atoms with Crippen molar-refractivity contribution in [1.82, 2.24) is 14.7 Å². The van der Waals surface area contributed by atoms with Gasteiger partial charge in [0.2, 0.25) is 0 Å². The largest absolute Gasteiger partial charge is 0.480 e. The van der Waals surface area contributed by atoms with Gasteiger partial charge in [0.05, 0.1) is 12.2 Å². The maximum atomic E-state index is 10.8. The summed E-state index contributed by atoms with van der Waals surface area (Å²) in [5, 5.41) is 13.2. The highest BCUT2D eigenvalue weighted by atomic mass is 16.4. The quantitative estimate of drug-likeness (QED) is 0.777. The molecule has 1 N–H and O–H groups in total. The summed E-state index contributed by atoms with van der Waals surface area (Å²) < 4.78 is 1.97. The molecule has 0 bridgehead atoms. The van der Waals surface area contributed by atoms with Crippen molar-refractivity contribution in [2.24, 2.45) is 0 Å². The Bertz CT molecular complexity index is 385. The van der Waals surface area contributed by atoms with E-state index in [1.54, 1.807) is 6.20 Å². The Labute approximate surface area is 101 Å². The molecule has 1 aliphatic carbocycles. The molecule has 1 aromatic heterocycles. The summed E-state index contributed by atoms with van der Waals surface area (Å²) in [4.78, 5) is 12.9. The normalized spacial score (nSPS) is 15.4. The minimum atomic E-state index is -0.751. The third-order valence-corrected chi connectivity index (χ3v) is 3.01. The molecule has 1 saturated carbocycles. The summed E-state index contributed by atoms with van der Waals surface area (Å²) in [5.41, 5.74) is 1.11. The van der Waals surface area contributed by atoms with Crippen LogP contribution in [-0.2, 0) is 17.9 Å². The number of hydrogen-bond donors (Lipinski definition) is 1. The molecule has 1 heterocycles. The topological polar surface area (TPSA) is 58.4 Å². The fourth-order valence-electron chi connectivity index (χ4n) is 2.04. The number of carboxylic acid groups (broad SMARTS) is 1. The number of carbonyl (C=O) groups is 1. The Kier molecular flexibility index (Phi) is 3.78. The fourth-order valence-corrected chi connectivity index (χ4v) is 2.04. The summed E-state index contributed by atoms with van der Waals surface area (Å²) >= 11 is 0. The van der Waals surface area contributed by atoms with Crippen molar-refractivity contribution in [3.63, 3.8) is 0 Å². The monoisotopic (exact) mass is 237 g/mol. The number of nitrogens with zero attached hydrogens (tertiary/aromatic N) is 3. The zero-order valence-electron chi connectivity index (χ0n) is 10.2. The number of hydrogen-bond acceptors (Lipinski definition) is 3. The van der Waals surface area contributed by atoms with E-state index in [1.807, 2.05) is 15.6 Å². The summed E-state index contributed by atoms with van der Waals surface area (Å²) in [7, 11) is 0. The Morgan fingerprint density at radius 3 is 3.00 bits per heavy atom. The van der Waals surface area contributed by atoms with Crippen molar-refractivity contribution < 1.29 is 9.90 Å². The highest BCUT2D eigenvalue weighted by Gasteiger charge is 2.30. The first kappa shape index (κ1) is 12.1. The van der Waals surface area contributed by atoms with Gasteiger partial charge in [0.15, 0.2) is 0 Å². The van der Waals surface area contributed by atoms with Crippen molar-refractivity contribution in [3.05, 3.63) is 18.0 Å². The molecule has 5 heteroatoms. The zero-order chi connectivity index (χ0) is 12.3. The molecular formula is C12H19N3O2. The van der Waals surface area contributed by atoms with Gasteiger partial charge in [-0.15, -0.1) is 0 Å². The van der Waals surface area contributed by atoms with E-state index in [1.165, 1.54) is 0 Å². The number of aryl methyl sites for hydroxylation is 1. The second-order valence-electron chi connectivity index (χ2n) is 4.58. The van der Waals surface area contributed by atoms with Crippen LogP contribution in [0.15, 0.2) is 12.3 Å². The number of aliphatic carboxylic acids is 1. The second-order valence-corrected chi connectivity index (χ2v) is 4.58. The lowest BCUT2D eigenvalue weighted by Gasteiger charge is -2.20. The highest BCUT2D eigenvalue weighted by molar-refractivity contribution is 5.69. The lowest BCUT2D eigenvalue weighted by atomic mass is 10.3. The van der Waals surface area contributed by atoms with E-state index in [-0.39, 0.29) is 6.54 Å². The Hall–Kier alpha value is -1.36. The molecular weight excluding hydrogens is 218 g/mol. The predicted molar refractivity (Wildman–Crippen MR) is 63.6 cm³/mol. The third-order valence-electron chi connectivity index (χ3n) is 3.01. The van der Waals surface area contributed by atoms with Gasteiger partial charge >= 0.3 is 5.97 Å². The van der Waals surface area contributed by atoms with E-state index >= 15 is 0 Å². The molecule has 1 aliphatic rings. The van der Waals surface area contributed by atoms with Crippen LogP contribution in [0.25, 0.3) is 0 Å². The molecule has 1 fully saturated rings. The molecule has 0 spiro atoms. The zero-order valence-corrected chi connectivity index (χ0v) is 10.2. The molecule has 0 aliphatic heterocycles. The molecule has 17 heavy (non-hydrogen) atoms. The highest BCUT2D eigenvalue weighted by Crippen LogP contribution is 2.27. The lowest BCUT2D eigenvalue weighted by Crippen LogP contribution is -2.32. The summed E-state index contributed by atoms with van der Waals surface area (Å²) in [5.74, 6) is -0.751. The summed E-state index contributed by atoms with van der Waals surface area (Å²) in [6.07, 6.45) is 5.07. The smallest absolute Gasteiger partial charge is 0.317 e. The number of aromatic nitrogens is 2. The molecule has 5 nitrogen and oxygen atoms in total. The maximum absolute atomic E-state index is 10.8. The average molecular weight is 237 g/mol. The van der Waals surface area contributed by atoms with Crippen molar-refractivity contribution in [2.45, 2.75) is 45.3 Å². The van der Waals surface area contributed by atoms with Gasteiger partial charge < -0.3 is 5.11 Å². The number of rotatable bonds is 7. The molecule has 0 radical (unpaired) electrons. The van der Waals surface area contributed by atoms with Crippen LogP contribution in [0.1, 0.15) is 31.9 Å². The van der Waals surface area contributed by atoms with Gasteiger partial charge in [-0.05, 0) is 25.3 Å². The SMILES string of the molecule is CCCn1nccc1CN(CC(=O)O)C1CC1. The molecule has 0 aromatic carbocycles. The van der Waals surface area contributed by atoms with Crippen LogP contribution in [-0.4, -0.2) is 38.3 Å². The van der Waals surface area contributed by atoms with Crippen LogP contribution < -0.4 is 0 Å². The van der Waals surface area contributed by atoms with Crippen molar-refractivity contribution >= 4 is 5.97 Å². The number of carboxylic acids is 1. The average Bonchev–Trinajstić information content (AvgIpc) is 3.02. The molecule has 94 valence electrons. The van der Waals surface area contributed by atoms with Gasteiger partial charge in [-0.1, -0.05) is 6.92 Å². The van der Waals surface area contributed by atoms with Crippen LogP contribution in [0.4, 0.5) is 0 Å². The van der Waals surface area contributed by atoms with Gasteiger partial charge in [-0.2, -0.15) is 5.10 Å². The van der Waals surface area contributed by atoms with Crippen molar-refractivity contribution in [1.29, 1.82) is 0 Å². The van der Waals surface area contributed by atoms with Crippen LogP contribution >= 0.6 is 0 Å². The van der Waals surface area contributed by atoms with Gasteiger partial charge in [0.1, 0.15) is 0 Å². The molecule has 1 aromatic rings. The van der Waals surface area contributed by atoms with Gasteiger partial charge in [-0.25, -0.2) is 0 Å². The standard InChI is InChI=1S/C12H19N3O2/c1-2-7-15-11(5-6-13-15)8-14(9-12(16)17)10-3-4-10/h5-6,10H,2-4,7-9H2,1H3,(H,16,17). The van der Waals surface area contributed by atoms with Crippen LogP contribution in [0.2, 0.25) is 0 Å². The van der Waals surface area contributed by atoms with Crippen LogP contribution in [0.3, 0.4) is 0 Å². The van der Waals surface area contributed by atoms with E-state index in [9.17, 15) is 4.79 Å². The Balaban J connectivity index is 2.00. The summed E-state index contributed by atoms with van der Waals surface area (Å²) in [6.45, 7) is 3.83. The van der Waals surface area contributed by atoms with Crippen LogP contribution in [0.5, 0.6) is 0 Å². The molecule has 0 amide bonds. The Morgan fingerprint density at radius 2 is 2.41 bits per heavy atom. The Morgan fingerprint density at radius 1 is 1.65 bits per heavy atom. The van der Waals surface area contributed by atoms with E-state index < -0.39 is 5.97 Å². The minimum absolute atomic E-state index is 0.127. The van der Waals surface area contributed by atoms with Gasteiger partial charge in [0, 0.05) is 25.3 Å². The second kappa shape index (κ2) is 5.31.